The molecule has 0 aromatic heterocycles. The maximum Gasteiger partial charge on any atom is 0.271 e. The number of nitrogens with one attached hydrogen (secondary N) is 1. The van der Waals surface area contributed by atoms with Gasteiger partial charge in [0.15, 0.2) is 0 Å². The lowest BCUT2D eigenvalue weighted by Gasteiger charge is -2.32. The molecule has 4 nitrogen and oxygen atoms in total. The van der Waals surface area contributed by atoms with Gasteiger partial charge in [0.05, 0.1) is 4.92 Å². The molecule has 98 valence electrons. The first-order valence-electron chi connectivity index (χ1n) is 6.55. The average Bonchev–Trinajstić information content (AvgIpc) is 2.27. The number of nitro benzene ring substituents is 1. The summed E-state index contributed by atoms with van der Waals surface area (Å²) in [4.78, 5) is 10.4. The molecule has 4 heteroatoms. The summed E-state index contributed by atoms with van der Waals surface area (Å²) < 4.78 is 0. The zero-order valence-electron chi connectivity index (χ0n) is 10.9. The summed E-state index contributed by atoms with van der Waals surface area (Å²) in [7, 11) is 0. The summed E-state index contributed by atoms with van der Waals surface area (Å²) in [6.45, 7) is 4.55. The molecule has 1 N–H and O–H groups in total. The van der Waals surface area contributed by atoms with Gasteiger partial charge in [-0.3, -0.25) is 10.1 Å². The molecule has 0 amide bonds. The minimum absolute atomic E-state index is 0.150. The molecule has 1 aromatic carbocycles. The number of benzene rings is 1. The summed E-state index contributed by atoms with van der Waals surface area (Å²) in [5.41, 5.74) is 1.01. The second-order valence-corrected chi connectivity index (χ2v) is 5.57. The zero-order valence-corrected chi connectivity index (χ0v) is 10.9. The zero-order chi connectivity index (χ0) is 13.1. The first-order chi connectivity index (χ1) is 8.54. The number of rotatable bonds is 3. The van der Waals surface area contributed by atoms with E-state index >= 15 is 0 Å². The Morgan fingerprint density at radius 2 is 1.89 bits per heavy atom. The maximum atomic E-state index is 10.7. The van der Waals surface area contributed by atoms with Gasteiger partial charge in [-0.25, -0.2) is 0 Å². The van der Waals surface area contributed by atoms with E-state index in [0.29, 0.717) is 6.04 Å². The van der Waals surface area contributed by atoms with Crippen molar-refractivity contribution < 1.29 is 4.92 Å². The maximum absolute atomic E-state index is 10.7. The smallest absolute Gasteiger partial charge is 0.271 e. The molecule has 2 rings (SSSR count). The number of nitrogens with zero attached hydrogens (tertiary/aromatic N) is 1. The van der Waals surface area contributed by atoms with Crippen molar-refractivity contribution in [1.29, 1.82) is 0 Å². The summed E-state index contributed by atoms with van der Waals surface area (Å²) >= 11 is 0. The molecule has 0 bridgehead atoms. The molecule has 1 aliphatic carbocycles. The van der Waals surface area contributed by atoms with Crippen LogP contribution in [0.4, 0.5) is 11.4 Å². The molecular formula is C14H20N2O2. The predicted octanol–water partition coefficient (Wildman–Crippen LogP) is 3.83. The lowest BCUT2D eigenvalue weighted by Crippen LogP contribution is -2.30. The van der Waals surface area contributed by atoms with Crippen LogP contribution in [-0.4, -0.2) is 11.0 Å². The van der Waals surface area contributed by atoms with Crippen LogP contribution in [0.2, 0.25) is 0 Å². The highest BCUT2D eigenvalue weighted by Gasteiger charge is 2.23. The van der Waals surface area contributed by atoms with Crippen LogP contribution in [-0.2, 0) is 0 Å². The van der Waals surface area contributed by atoms with Gasteiger partial charge in [-0.15, -0.1) is 0 Å². The van der Waals surface area contributed by atoms with Gasteiger partial charge in [-0.05, 0) is 37.2 Å². The van der Waals surface area contributed by atoms with Crippen LogP contribution in [0.1, 0.15) is 33.1 Å². The summed E-state index contributed by atoms with van der Waals surface area (Å²) in [6.07, 6.45) is 3.58. The molecule has 0 radical (unpaired) electrons. The van der Waals surface area contributed by atoms with E-state index < -0.39 is 0 Å². The van der Waals surface area contributed by atoms with Gasteiger partial charge in [-0.1, -0.05) is 19.9 Å². The van der Waals surface area contributed by atoms with Crippen LogP contribution < -0.4 is 5.32 Å². The van der Waals surface area contributed by atoms with E-state index in [4.69, 9.17) is 0 Å². The molecular weight excluding hydrogens is 228 g/mol. The molecule has 0 saturated heterocycles. The molecule has 1 fully saturated rings. The topological polar surface area (TPSA) is 55.2 Å². The minimum atomic E-state index is -0.350. The van der Waals surface area contributed by atoms with Gasteiger partial charge >= 0.3 is 0 Å². The van der Waals surface area contributed by atoms with E-state index in [0.717, 1.165) is 30.4 Å². The van der Waals surface area contributed by atoms with Crippen LogP contribution in [0.5, 0.6) is 0 Å². The lowest BCUT2D eigenvalue weighted by molar-refractivity contribution is -0.384. The van der Waals surface area contributed by atoms with Gasteiger partial charge in [-0.2, -0.15) is 0 Å². The normalized spacial score (nSPS) is 27.8. The third-order valence-corrected chi connectivity index (χ3v) is 3.61. The highest BCUT2D eigenvalue weighted by atomic mass is 16.6. The van der Waals surface area contributed by atoms with Crippen molar-refractivity contribution in [2.24, 2.45) is 11.8 Å². The molecule has 1 aromatic rings. The molecule has 0 spiro atoms. The summed E-state index contributed by atoms with van der Waals surface area (Å²) in [6, 6.07) is 7.21. The number of non-ortho nitro benzene ring substituents is 1. The van der Waals surface area contributed by atoms with E-state index in [1.165, 1.54) is 12.5 Å². The van der Waals surface area contributed by atoms with Crippen LogP contribution in [0, 0.1) is 22.0 Å². The Labute approximate surface area is 108 Å². The molecule has 0 aliphatic heterocycles. The molecule has 18 heavy (non-hydrogen) atoms. The minimum Gasteiger partial charge on any atom is -0.382 e. The Morgan fingerprint density at radius 1 is 1.22 bits per heavy atom. The largest absolute Gasteiger partial charge is 0.382 e. The van der Waals surface area contributed by atoms with Gasteiger partial charge < -0.3 is 5.32 Å². The molecule has 2 unspecified atom stereocenters. The Kier molecular flexibility index (Phi) is 3.84. The van der Waals surface area contributed by atoms with E-state index in [9.17, 15) is 10.1 Å². The number of nitro groups is 1. The van der Waals surface area contributed by atoms with Crippen molar-refractivity contribution in [3.63, 3.8) is 0 Å². The fourth-order valence-electron chi connectivity index (χ4n) is 3.01. The summed E-state index contributed by atoms with van der Waals surface area (Å²) in [5, 5.41) is 14.2. The van der Waals surface area contributed by atoms with E-state index in [1.54, 1.807) is 12.1 Å². The molecule has 0 heterocycles. The first-order valence-corrected chi connectivity index (χ1v) is 6.55. The van der Waals surface area contributed by atoms with Crippen molar-refractivity contribution in [2.45, 2.75) is 39.2 Å². The third kappa shape index (κ3) is 3.22. The van der Waals surface area contributed by atoms with Crippen molar-refractivity contribution in [2.75, 3.05) is 5.32 Å². The van der Waals surface area contributed by atoms with Gasteiger partial charge in [0, 0.05) is 23.9 Å². The Balaban J connectivity index is 2.04. The standard InChI is InChI=1S/C14H20N2O2/c1-10-6-11(2)8-13(7-10)15-12-4-3-5-14(9-12)16(17)18/h3-5,9-11,13,15H,6-8H2,1-2H3. The van der Waals surface area contributed by atoms with Crippen molar-refractivity contribution in [3.05, 3.63) is 34.4 Å². The van der Waals surface area contributed by atoms with Crippen LogP contribution in [0.3, 0.4) is 0 Å². The van der Waals surface area contributed by atoms with E-state index in [1.807, 2.05) is 6.07 Å². The van der Waals surface area contributed by atoms with Gasteiger partial charge in [0.1, 0.15) is 0 Å². The van der Waals surface area contributed by atoms with E-state index in [2.05, 4.69) is 19.2 Å². The van der Waals surface area contributed by atoms with Crippen molar-refractivity contribution in [3.8, 4) is 0 Å². The van der Waals surface area contributed by atoms with Crippen LogP contribution in [0.25, 0.3) is 0 Å². The SMILES string of the molecule is CC1CC(C)CC(Nc2cccc([N+](=O)[O-])c2)C1. The first kappa shape index (κ1) is 12.9. The summed E-state index contributed by atoms with van der Waals surface area (Å²) in [5.74, 6) is 1.45. The Bertz CT molecular complexity index is 424. The molecule has 2 atom stereocenters. The highest BCUT2D eigenvalue weighted by Crippen LogP contribution is 2.30. The number of hydrogen-bond donors (Lipinski definition) is 1. The average molecular weight is 248 g/mol. The van der Waals surface area contributed by atoms with Crippen molar-refractivity contribution >= 4 is 11.4 Å². The van der Waals surface area contributed by atoms with E-state index in [-0.39, 0.29) is 10.6 Å². The quantitative estimate of drug-likeness (QED) is 0.653. The molecule has 1 saturated carbocycles. The lowest BCUT2D eigenvalue weighted by atomic mass is 9.80. The number of anilines is 1. The number of hydrogen-bond acceptors (Lipinski definition) is 3. The second-order valence-electron chi connectivity index (χ2n) is 5.57. The Morgan fingerprint density at radius 3 is 2.50 bits per heavy atom. The van der Waals surface area contributed by atoms with Crippen molar-refractivity contribution in [1.82, 2.24) is 0 Å². The Hall–Kier alpha value is -1.58. The van der Waals surface area contributed by atoms with Crippen LogP contribution >= 0.6 is 0 Å². The van der Waals surface area contributed by atoms with Gasteiger partial charge in [0.2, 0.25) is 0 Å². The molecule has 1 aliphatic rings. The van der Waals surface area contributed by atoms with Crippen LogP contribution in [0.15, 0.2) is 24.3 Å². The predicted molar refractivity (Wildman–Crippen MR) is 72.7 cm³/mol. The van der Waals surface area contributed by atoms with Gasteiger partial charge in [0.25, 0.3) is 5.69 Å². The highest BCUT2D eigenvalue weighted by molar-refractivity contribution is 5.51. The second kappa shape index (κ2) is 5.38. The fourth-order valence-corrected chi connectivity index (χ4v) is 3.01. The third-order valence-electron chi connectivity index (χ3n) is 3.61. The monoisotopic (exact) mass is 248 g/mol. The fraction of sp³-hybridized carbons (Fsp3) is 0.571.